The van der Waals surface area contributed by atoms with Gasteiger partial charge in [-0.3, -0.25) is 14.3 Å². The van der Waals surface area contributed by atoms with Crippen LogP contribution in [0.4, 0.5) is 14.5 Å². The maximum absolute atomic E-state index is 13.2. The number of hydrogen-bond donors (Lipinski definition) is 1. The molecule has 0 atom stereocenters. The molecule has 0 fully saturated rings. The van der Waals surface area contributed by atoms with Gasteiger partial charge in [-0.15, -0.1) is 0 Å². The van der Waals surface area contributed by atoms with Gasteiger partial charge in [0.15, 0.2) is 0 Å². The zero-order valence-corrected chi connectivity index (χ0v) is 14.2. The van der Waals surface area contributed by atoms with E-state index in [9.17, 15) is 18.4 Å². The molecule has 0 unspecified atom stereocenters. The van der Waals surface area contributed by atoms with Gasteiger partial charge in [-0.1, -0.05) is 12.6 Å². The minimum Gasteiger partial charge on any atom is -0.352 e. The van der Waals surface area contributed by atoms with E-state index in [1.807, 2.05) is 0 Å². The average molecular weight is 360 g/mol. The molecule has 0 saturated heterocycles. The Kier molecular flexibility index (Phi) is 4.83. The van der Waals surface area contributed by atoms with E-state index in [1.54, 1.807) is 18.2 Å². The van der Waals surface area contributed by atoms with E-state index in [-0.39, 0.29) is 23.7 Å². The highest BCUT2D eigenvalue weighted by Gasteiger charge is 2.24. The largest absolute Gasteiger partial charge is 0.352 e. The summed E-state index contributed by atoms with van der Waals surface area (Å²) in [6.07, 6.45) is 0.518. The smallest absolute Gasteiger partial charge is 0.282 e. The van der Waals surface area contributed by atoms with E-state index < -0.39 is 12.3 Å². The first-order chi connectivity index (χ1) is 12.4. The molecule has 0 aliphatic carbocycles. The van der Waals surface area contributed by atoms with Gasteiger partial charge in [0, 0.05) is 36.6 Å². The second kappa shape index (κ2) is 7.07. The molecule has 26 heavy (non-hydrogen) atoms. The van der Waals surface area contributed by atoms with Crippen molar-refractivity contribution in [2.45, 2.75) is 19.4 Å². The van der Waals surface area contributed by atoms with Crippen molar-refractivity contribution in [2.75, 3.05) is 11.4 Å². The van der Waals surface area contributed by atoms with E-state index in [4.69, 9.17) is 0 Å². The first kappa shape index (κ1) is 17.8. The highest BCUT2D eigenvalue weighted by Crippen LogP contribution is 2.27. The third-order valence-corrected chi connectivity index (χ3v) is 4.24. The molecule has 0 bridgehead atoms. The highest BCUT2D eigenvalue weighted by molar-refractivity contribution is 6.03. The lowest BCUT2D eigenvalue weighted by Crippen LogP contribution is -2.33. The van der Waals surface area contributed by atoms with Crippen molar-refractivity contribution in [1.29, 1.82) is 0 Å². The number of alkyl halides is 2. The van der Waals surface area contributed by atoms with Gasteiger partial charge in [0.25, 0.3) is 18.2 Å². The zero-order valence-electron chi connectivity index (χ0n) is 14.2. The number of halogens is 2. The fourth-order valence-corrected chi connectivity index (χ4v) is 3.00. The molecule has 8 heteroatoms. The normalized spacial score (nSPS) is 13.3. The maximum Gasteiger partial charge on any atom is 0.282 e. The standard InChI is InChI=1S/C18H18F2N4O2/c1-3-15(25)24(10-12-9-23(2)22-16(12)17(19)20)13-5-4-11-6-7-21-18(26)14(11)8-13/h3-5,8-9,17H,1,6-7,10H2,2H3,(H,21,26). The minimum absolute atomic E-state index is 0.0984. The molecule has 0 spiro atoms. The van der Waals surface area contributed by atoms with Crippen LogP contribution in [0.1, 0.15) is 33.6 Å². The summed E-state index contributed by atoms with van der Waals surface area (Å²) in [6.45, 7) is 3.94. The lowest BCUT2D eigenvalue weighted by atomic mass is 9.99. The van der Waals surface area contributed by atoms with Crippen molar-refractivity contribution < 1.29 is 18.4 Å². The van der Waals surface area contributed by atoms with Crippen molar-refractivity contribution in [2.24, 2.45) is 7.05 Å². The van der Waals surface area contributed by atoms with Gasteiger partial charge < -0.3 is 10.2 Å². The number of aromatic nitrogens is 2. The van der Waals surface area contributed by atoms with E-state index in [2.05, 4.69) is 17.0 Å². The summed E-state index contributed by atoms with van der Waals surface area (Å²) in [4.78, 5) is 25.7. The second-order valence-corrected chi connectivity index (χ2v) is 5.99. The molecule has 1 aliphatic rings. The summed E-state index contributed by atoms with van der Waals surface area (Å²) in [5.74, 6) is -0.668. The lowest BCUT2D eigenvalue weighted by molar-refractivity contribution is -0.114. The summed E-state index contributed by atoms with van der Waals surface area (Å²) in [5.41, 5.74) is 1.67. The number of carbonyl (C=O) groups is 2. The van der Waals surface area contributed by atoms with Crippen LogP contribution in [-0.2, 0) is 24.8 Å². The lowest BCUT2D eigenvalue weighted by Gasteiger charge is -2.24. The van der Waals surface area contributed by atoms with Crippen LogP contribution in [0.15, 0.2) is 37.1 Å². The highest BCUT2D eigenvalue weighted by atomic mass is 19.3. The van der Waals surface area contributed by atoms with Crippen molar-refractivity contribution in [3.8, 4) is 0 Å². The molecule has 2 aromatic rings. The number of carbonyl (C=O) groups excluding carboxylic acids is 2. The monoisotopic (exact) mass is 360 g/mol. The Balaban J connectivity index is 2.00. The predicted octanol–water partition coefficient (Wildman–Crippen LogP) is 2.36. The number of rotatable bonds is 5. The molecular weight excluding hydrogens is 342 g/mol. The van der Waals surface area contributed by atoms with Crippen LogP contribution in [0, 0.1) is 0 Å². The van der Waals surface area contributed by atoms with Crippen molar-refractivity contribution >= 4 is 17.5 Å². The number of aryl methyl sites for hydroxylation is 1. The van der Waals surface area contributed by atoms with E-state index >= 15 is 0 Å². The first-order valence-electron chi connectivity index (χ1n) is 8.06. The molecule has 0 radical (unpaired) electrons. The van der Waals surface area contributed by atoms with E-state index in [0.29, 0.717) is 24.2 Å². The summed E-state index contributed by atoms with van der Waals surface area (Å²) in [5, 5.41) is 6.51. The molecule has 136 valence electrons. The van der Waals surface area contributed by atoms with Crippen LogP contribution in [-0.4, -0.2) is 28.1 Å². The van der Waals surface area contributed by atoms with Crippen LogP contribution in [0.25, 0.3) is 0 Å². The topological polar surface area (TPSA) is 67.2 Å². The summed E-state index contributed by atoms with van der Waals surface area (Å²) in [6, 6.07) is 5.09. The maximum atomic E-state index is 13.2. The van der Waals surface area contributed by atoms with Crippen LogP contribution < -0.4 is 10.2 Å². The fourth-order valence-electron chi connectivity index (χ4n) is 3.00. The molecule has 2 amide bonds. The fraction of sp³-hybridized carbons (Fsp3) is 0.278. The van der Waals surface area contributed by atoms with Crippen LogP contribution in [0.3, 0.4) is 0 Å². The van der Waals surface area contributed by atoms with E-state index in [0.717, 1.165) is 11.6 Å². The Morgan fingerprint density at radius 2 is 2.27 bits per heavy atom. The van der Waals surface area contributed by atoms with Crippen molar-refractivity contribution in [3.63, 3.8) is 0 Å². The van der Waals surface area contributed by atoms with E-state index in [1.165, 1.54) is 22.8 Å². The first-order valence-corrected chi connectivity index (χ1v) is 8.06. The molecular formula is C18H18F2N4O2. The molecule has 1 aliphatic heterocycles. The van der Waals surface area contributed by atoms with Crippen LogP contribution in [0.2, 0.25) is 0 Å². The molecule has 1 N–H and O–H groups in total. The Morgan fingerprint density at radius 3 is 2.96 bits per heavy atom. The SMILES string of the molecule is C=CC(=O)N(Cc1cn(C)nc1C(F)F)c1ccc2c(c1)C(=O)NCC2. The van der Waals surface area contributed by atoms with Gasteiger partial charge in [-0.05, 0) is 30.2 Å². The second-order valence-electron chi connectivity index (χ2n) is 5.99. The van der Waals surface area contributed by atoms with Gasteiger partial charge in [-0.25, -0.2) is 8.78 Å². The van der Waals surface area contributed by atoms with Crippen LogP contribution >= 0.6 is 0 Å². The van der Waals surface area contributed by atoms with Gasteiger partial charge in [0.2, 0.25) is 0 Å². The Bertz CT molecular complexity index is 876. The van der Waals surface area contributed by atoms with Crippen molar-refractivity contribution in [3.05, 3.63) is 59.4 Å². The zero-order chi connectivity index (χ0) is 18.8. The summed E-state index contributed by atoms with van der Waals surface area (Å²) < 4.78 is 27.7. The number of amides is 2. The minimum atomic E-state index is -2.75. The molecule has 2 heterocycles. The third-order valence-electron chi connectivity index (χ3n) is 4.24. The molecule has 6 nitrogen and oxygen atoms in total. The number of anilines is 1. The van der Waals surface area contributed by atoms with Gasteiger partial charge in [0.1, 0.15) is 5.69 Å². The Hall–Kier alpha value is -3.03. The number of benzene rings is 1. The predicted molar refractivity (Wildman–Crippen MR) is 92.0 cm³/mol. The molecule has 1 aromatic heterocycles. The van der Waals surface area contributed by atoms with Gasteiger partial charge >= 0.3 is 0 Å². The van der Waals surface area contributed by atoms with Gasteiger partial charge in [-0.2, -0.15) is 5.10 Å². The van der Waals surface area contributed by atoms with Gasteiger partial charge in [0.05, 0.1) is 6.54 Å². The Labute approximate surface area is 149 Å². The number of hydrogen-bond acceptors (Lipinski definition) is 3. The summed E-state index contributed by atoms with van der Waals surface area (Å²) in [7, 11) is 1.54. The molecule has 1 aromatic carbocycles. The van der Waals surface area contributed by atoms with Crippen molar-refractivity contribution in [1.82, 2.24) is 15.1 Å². The quantitative estimate of drug-likeness (QED) is 0.833. The number of nitrogens with one attached hydrogen (secondary N) is 1. The summed E-state index contributed by atoms with van der Waals surface area (Å²) >= 11 is 0. The third kappa shape index (κ3) is 3.35. The molecule has 0 saturated carbocycles. The Morgan fingerprint density at radius 1 is 1.50 bits per heavy atom. The number of fused-ring (bicyclic) bond motifs is 1. The molecule has 3 rings (SSSR count). The van der Waals surface area contributed by atoms with Crippen LogP contribution in [0.5, 0.6) is 0 Å². The average Bonchev–Trinajstić information content (AvgIpc) is 3.00. The number of nitrogens with zero attached hydrogens (tertiary/aromatic N) is 3.